The Morgan fingerprint density at radius 1 is 0.280 bits per heavy atom. The summed E-state index contributed by atoms with van der Waals surface area (Å²) >= 11 is 0. The lowest BCUT2D eigenvalue weighted by molar-refractivity contribution is -0.167. The molecule has 0 fully saturated rings. The number of carbonyl (C=O) groups excluding carboxylic acids is 3. The van der Waals surface area contributed by atoms with Gasteiger partial charge < -0.3 is 14.2 Å². The van der Waals surface area contributed by atoms with Crippen molar-refractivity contribution in [2.75, 3.05) is 13.2 Å². The average molecular weight is 1040 g/mol. The van der Waals surface area contributed by atoms with E-state index < -0.39 is 6.10 Å². The van der Waals surface area contributed by atoms with Gasteiger partial charge in [0, 0.05) is 19.3 Å². The minimum atomic E-state index is -0.789. The maximum atomic E-state index is 12.8. The van der Waals surface area contributed by atoms with E-state index in [0.29, 0.717) is 19.3 Å². The number of ether oxygens (including phenoxy) is 3. The van der Waals surface area contributed by atoms with Gasteiger partial charge >= 0.3 is 17.9 Å². The zero-order valence-corrected chi connectivity index (χ0v) is 48.8. The van der Waals surface area contributed by atoms with Gasteiger partial charge in [-0.1, -0.05) is 271 Å². The zero-order valence-electron chi connectivity index (χ0n) is 48.8. The minimum absolute atomic E-state index is 0.0856. The predicted octanol–water partition coefficient (Wildman–Crippen LogP) is 21.2. The average Bonchev–Trinajstić information content (AvgIpc) is 3.41. The first kappa shape index (κ1) is 70.8. The molecule has 0 bridgehead atoms. The molecule has 0 spiro atoms. The van der Waals surface area contributed by atoms with Gasteiger partial charge in [0.2, 0.25) is 0 Å². The van der Waals surface area contributed by atoms with Crippen LogP contribution in [0.1, 0.15) is 278 Å². The van der Waals surface area contributed by atoms with E-state index in [1.165, 1.54) is 89.9 Å². The molecule has 0 radical (unpaired) electrons. The highest BCUT2D eigenvalue weighted by atomic mass is 16.6. The molecule has 1 unspecified atom stereocenters. The monoisotopic (exact) mass is 1040 g/mol. The van der Waals surface area contributed by atoms with Crippen LogP contribution in [0.2, 0.25) is 0 Å². The molecule has 6 heteroatoms. The SMILES string of the molecule is CC/C=C\C/C=C\C/C=C\C/C=C\C/C=C\C/C=C\C/C=C\C/C=C\CCCCCCCCCCC(=O)OCC(COC(=O)CCCCCCCCCCCCC)OC(=O)CCCCCCC/C=C\C/C=C\CCC. The van der Waals surface area contributed by atoms with Gasteiger partial charge in [0.1, 0.15) is 13.2 Å². The highest BCUT2D eigenvalue weighted by molar-refractivity contribution is 5.71. The molecule has 0 aliphatic rings. The number of carbonyl (C=O) groups is 3. The molecular weight excluding hydrogens is 925 g/mol. The second kappa shape index (κ2) is 62.4. The van der Waals surface area contributed by atoms with Gasteiger partial charge in [0.05, 0.1) is 0 Å². The third-order valence-corrected chi connectivity index (χ3v) is 12.9. The molecule has 0 rings (SSSR count). The van der Waals surface area contributed by atoms with Crippen molar-refractivity contribution in [3.05, 3.63) is 122 Å². The summed E-state index contributed by atoms with van der Waals surface area (Å²) in [6, 6.07) is 0. The summed E-state index contributed by atoms with van der Waals surface area (Å²) in [7, 11) is 0. The molecule has 6 nitrogen and oxygen atoms in total. The summed E-state index contributed by atoms with van der Waals surface area (Å²) in [4.78, 5) is 38.1. The first-order valence-electron chi connectivity index (χ1n) is 31.0. The number of hydrogen-bond acceptors (Lipinski definition) is 6. The van der Waals surface area contributed by atoms with Gasteiger partial charge in [0.15, 0.2) is 6.10 Å². The molecule has 0 aliphatic heterocycles. The smallest absolute Gasteiger partial charge is 0.306 e. The lowest BCUT2D eigenvalue weighted by Crippen LogP contribution is -2.30. The Kier molecular flexibility index (Phi) is 58.9. The second-order valence-corrected chi connectivity index (χ2v) is 20.2. The minimum Gasteiger partial charge on any atom is -0.462 e. The Bertz CT molecular complexity index is 1570. The van der Waals surface area contributed by atoms with E-state index in [4.69, 9.17) is 14.2 Å². The Morgan fingerprint density at radius 3 is 0.867 bits per heavy atom. The highest BCUT2D eigenvalue weighted by Crippen LogP contribution is 2.15. The standard InChI is InChI=1S/C69H114O6/c1-4-7-10-13-16-19-22-24-25-26-27-28-29-30-31-32-33-34-35-36-37-38-39-40-41-42-43-45-47-50-53-56-59-62-68(71)74-65-66(64-73-67(70)61-58-55-52-49-46-21-18-15-12-9-6-3)75-69(72)63-60-57-54-51-48-44-23-20-17-14-11-8-5-2/h7,10-11,14,16,19-20,23-25,27-28,30-31,33-34,36-37,39-40,66H,4-6,8-9,12-13,15,17-18,21-22,26,29,32,35,38,41-65H2,1-3H3/b10-7-,14-11-,19-16-,23-20-,25-24-,28-27-,31-30-,34-33-,37-36-,40-39-. The molecule has 0 aromatic rings. The molecule has 0 N–H and O–H groups in total. The number of rotatable bonds is 55. The summed E-state index contributed by atoms with van der Waals surface area (Å²) in [6.07, 6.45) is 86.4. The largest absolute Gasteiger partial charge is 0.462 e. The van der Waals surface area contributed by atoms with E-state index in [2.05, 4.69) is 142 Å². The fourth-order valence-electron chi connectivity index (χ4n) is 8.32. The molecule has 0 amide bonds. The van der Waals surface area contributed by atoms with Crippen LogP contribution in [0.3, 0.4) is 0 Å². The molecular formula is C69H114O6. The molecule has 0 saturated carbocycles. The maximum absolute atomic E-state index is 12.8. The van der Waals surface area contributed by atoms with E-state index in [1.807, 2.05) is 0 Å². The quantitative estimate of drug-likeness (QED) is 0.0261. The molecule has 0 aromatic carbocycles. The topological polar surface area (TPSA) is 78.9 Å². The van der Waals surface area contributed by atoms with Crippen molar-refractivity contribution in [3.63, 3.8) is 0 Å². The summed E-state index contributed by atoms with van der Waals surface area (Å²) in [5, 5.41) is 0. The number of hydrogen-bond donors (Lipinski definition) is 0. The number of allylic oxidation sites excluding steroid dienone is 20. The van der Waals surface area contributed by atoms with Gasteiger partial charge in [0.25, 0.3) is 0 Å². The highest BCUT2D eigenvalue weighted by Gasteiger charge is 2.19. The Labute approximate surface area is 462 Å². The summed E-state index contributed by atoms with van der Waals surface area (Å²) in [5.74, 6) is -0.908. The Balaban J connectivity index is 4.22. The van der Waals surface area contributed by atoms with Crippen LogP contribution in [0.25, 0.3) is 0 Å². The molecule has 426 valence electrons. The lowest BCUT2D eigenvalue weighted by Gasteiger charge is -2.18. The molecule has 1 atom stereocenters. The number of esters is 3. The summed E-state index contributed by atoms with van der Waals surface area (Å²) in [6.45, 7) is 6.44. The van der Waals surface area contributed by atoms with Crippen molar-refractivity contribution in [1.82, 2.24) is 0 Å². The molecule has 0 heterocycles. The van der Waals surface area contributed by atoms with Crippen molar-refractivity contribution in [2.45, 2.75) is 284 Å². The van der Waals surface area contributed by atoms with Crippen molar-refractivity contribution in [3.8, 4) is 0 Å². The van der Waals surface area contributed by atoms with Crippen molar-refractivity contribution in [2.24, 2.45) is 0 Å². The van der Waals surface area contributed by atoms with Gasteiger partial charge in [-0.2, -0.15) is 0 Å². The van der Waals surface area contributed by atoms with E-state index in [1.54, 1.807) is 0 Å². The van der Waals surface area contributed by atoms with Crippen LogP contribution >= 0.6 is 0 Å². The third kappa shape index (κ3) is 60.6. The van der Waals surface area contributed by atoms with Crippen molar-refractivity contribution >= 4 is 17.9 Å². The Hall–Kier alpha value is -4.19. The van der Waals surface area contributed by atoms with Crippen LogP contribution in [0.4, 0.5) is 0 Å². The second-order valence-electron chi connectivity index (χ2n) is 20.2. The fraction of sp³-hybridized carbons (Fsp3) is 0.667. The molecule has 0 aromatic heterocycles. The molecule has 0 aliphatic carbocycles. The Morgan fingerprint density at radius 2 is 0.547 bits per heavy atom. The van der Waals surface area contributed by atoms with Crippen LogP contribution in [0.5, 0.6) is 0 Å². The van der Waals surface area contributed by atoms with Gasteiger partial charge in [-0.3, -0.25) is 14.4 Å². The van der Waals surface area contributed by atoms with Gasteiger partial charge in [-0.05, 0) is 109 Å². The summed E-state index contributed by atoms with van der Waals surface area (Å²) in [5.41, 5.74) is 0. The van der Waals surface area contributed by atoms with E-state index in [9.17, 15) is 14.4 Å². The van der Waals surface area contributed by atoms with Crippen LogP contribution in [-0.4, -0.2) is 37.2 Å². The maximum Gasteiger partial charge on any atom is 0.306 e. The molecule has 0 saturated heterocycles. The van der Waals surface area contributed by atoms with Crippen molar-refractivity contribution in [1.29, 1.82) is 0 Å². The van der Waals surface area contributed by atoms with Crippen LogP contribution < -0.4 is 0 Å². The van der Waals surface area contributed by atoms with E-state index >= 15 is 0 Å². The summed E-state index contributed by atoms with van der Waals surface area (Å²) < 4.78 is 16.8. The number of unbranched alkanes of at least 4 members (excludes halogenated alkanes) is 24. The normalized spacial score (nSPS) is 12.9. The molecule has 75 heavy (non-hydrogen) atoms. The fourth-order valence-corrected chi connectivity index (χ4v) is 8.32. The van der Waals surface area contributed by atoms with Gasteiger partial charge in [-0.15, -0.1) is 0 Å². The first-order chi connectivity index (χ1) is 37.0. The van der Waals surface area contributed by atoms with Crippen LogP contribution in [0.15, 0.2) is 122 Å². The van der Waals surface area contributed by atoms with E-state index in [0.717, 1.165) is 148 Å². The zero-order chi connectivity index (χ0) is 54.3. The van der Waals surface area contributed by atoms with Gasteiger partial charge in [-0.25, -0.2) is 0 Å². The van der Waals surface area contributed by atoms with Crippen LogP contribution in [0, 0.1) is 0 Å². The van der Waals surface area contributed by atoms with Crippen molar-refractivity contribution < 1.29 is 28.6 Å². The van der Waals surface area contributed by atoms with E-state index in [-0.39, 0.29) is 31.1 Å². The first-order valence-corrected chi connectivity index (χ1v) is 31.0. The predicted molar refractivity (Wildman–Crippen MR) is 325 cm³/mol. The lowest BCUT2D eigenvalue weighted by atomic mass is 10.1. The third-order valence-electron chi connectivity index (χ3n) is 12.9. The van der Waals surface area contributed by atoms with Crippen LogP contribution in [-0.2, 0) is 28.6 Å².